The average Bonchev–Trinajstić information content (AvgIpc) is 3.28. The summed E-state index contributed by atoms with van der Waals surface area (Å²) < 4.78 is 2.40. The molecule has 2 atom stereocenters. The van der Waals surface area contributed by atoms with Crippen LogP contribution in [0.4, 0.5) is 0 Å². The molecule has 0 radical (unpaired) electrons. The Bertz CT molecular complexity index is 1370. The molecular formula is C30H34ClN5S. The lowest BCUT2D eigenvalue weighted by Gasteiger charge is -2.35. The van der Waals surface area contributed by atoms with Gasteiger partial charge in [0.15, 0.2) is 0 Å². The van der Waals surface area contributed by atoms with E-state index in [0.717, 1.165) is 51.5 Å². The number of hydrogen-bond donors (Lipinski definition) is 0. The van der Waals surface area contributed by atoms with E-state index in [-0.39, 0.29) is 0 Å². The molecule has 0 amide bonds. The summed E-state index contributed by atoms with van der Waals surface area (Å²) in [6, 6.07) is 11.0. The van der Waals surface area contributed by atoms with Crippen LogP contribution in [-0.2, 0) is 6.42 Å². The molecule has 3 aliphatic rings. The summed E-state index contributed by atoms with van der Waals surface area (Å²) in [6.45, 7) is 3.96. The van der Waals surface area contributed by atoms with E-state index >= 15 is 0 Å². The van der Waals surface area contributed by atoms with Crippen molar-refractivity contribution >= 4 is 34.0 Å². The van der Waals surface area contributed by atoms with Gasteiger partial charge in [0.05, 0.1) is 5.69 Å². The van der Waals surface area contributed by atoms with Gasteiger partial charge in [-0.05, 0) is 93.0 Å². The zero-order chi connectivity index (χ0) is 24.8. The highest BCUT2D eigenvalue weighted by molar-refractivity contribution is 7.13. The second-order valence-electron chi connectivity index (χ2n) is 11.4. The summed E-state index contributed by atoms with van der Waals surface area (Å²) >= 11 is 8.01. The molecule has 192 valence electrons. The zero-order valence-corrected chi connectivity index (χ0v) is 22.8. The van der Waals surface area contributed by atoms with Crippen LogP contribution in [-0.4, -0.2) is 44.1 Å². The number of hydrogen-bond acceptors (Lipinski definition) is 5. The topological polar surface area (TPSA) is 46.8 Å². The first-order chi connectivity index (χ1) is 18.2. The van der Waals surface area contributed by atoms with Gasteiger partial charge in [-0.1, -0.05) is 30.3 Å². The van der Waals surface area contributed by atoms with Gasteiger partial charge in [0.2, 0.25) is 5.28 Å². The van der Waals surface area contributed by atoms with Crippen molar-refractivity contribution in [1.29, 1.82) is 0 Å². The van der Waals surface area contributed by atoms with E-state index in [9.17, 15) is 0 Å². The van der Waals surface area contributed by atoms with Crippen LogP contribution < -0.4 is 0 Å². The minimum absolute atomic E-state index is 0.319. The number of nitrogens with zero attached hydrogens (tertiary/aromatic N) is 5. The third kappa shape index (κ3) is 5.08. The number of halogens is 1. The van der Waals surface area contributed by atoms with Gasteiger partial charge in [-0.2, -0.15) is 4.98 Å². The maximum atomic E-state index is 6.30. The fourth-order valence-electron chi connectivity index (χ4n) is 6.72. The van der Waals surface area contributed by atoms with Gasteiger partial charge >= 0.3 is 0 Å². The van der Waals surface area contributed by atoms with Gasteiger partial charge in [-0.3, -0.25) is 0 Å². The Morgan fingerprint density at radius 3 is 2.59 bits per heavy atom. The Balaban J connectivity index is 1.10. The monoisotopic (exact) mass is 531 g/mol. The van der Waals surface area contributed by atoms with E-state index in [1.807, 2.05) is 6.20 Å². The first kappa shape index (κ1) is 23.8. The fourth-order valence-corrected chi connectivity index (χ4v) is 7.69. The van der Waals surface area contributed by atoms with Crippen LogP contribution in [0.15, 0.2) is 48.1 Å². The van der Waals surface area contributed by atoms with Crippen LogP contribution in [0, 0.1) is 17.8 Å². The van der Waals surface area contributed by atoms with Gasteiger partial charge < -0.3 is 9.47 Å². The SMILES string of the molecule is Clc1ncc2c(-c3nc(Cc4ccccc4)cs3)cn(C3CCC(C4CCN(CC5CC5)CC4)C3)c2n1. The second-order valence-corrected chi connectivity index (χ2v) is 12.6. The highest BCUT2D eigenvalue weighted by Crippen LogP contribution is 2.45. The van der Waals surface area contributed by atoms with E-state index < -0.39 is 0 Å². The van der Waals surface area contributed by atoms with Gasteiger partial charge in [0, 0.05) is 47.7 Å². The number of rotatable bonds is 7. The lowest BCUT2D eigenvalue weighted by Crippen LogP contribution is -2.37. The molecule has 5 nitrogen and oxygen atoms in total. The van der Waals surface area contributed by atoms with Crippen LogP contribution in [0.25, 0.3) is 21.6 Å². The van der Waals surface area contributed by atoms with Gasteiger partial charge in [-0.25, -0.2) is 9.97 Å². The predicted octanol–water partition coefficient (Wildman–Crippen LogP) is 7.26. The van der Waals surface area contributed by atoms with Crippen LogP contribution in [0.3, 0.4) is 0 Å². The third-order valence-electron chi connectivity index (χ3n) is 8.90. The Hall–Kier alpha value is -2.28. The lowest BCUT2D eigenvalue weighted by atomic mass is 9.83. The molecule has 4 aromatic rings. The molecule has 3 aromatic heterocycles. The molecular weight excluding hydrogens is 498 g/mol. The van der Waals surface area contributed by atoms with Crippen molar-refractivity contribution in [2.24, 2.45) is 17.8 Å². The summed E-state index contributed by atoms with van der Waals surface area (Å²) in [4.78, 5) is 16.8. The molecule has 1 saturated heterocycles. The normalized spacial score (nSPS) is 23.3. The molecule has 0 N–H and O–H groups in total. The van der Waals surface area contributed by atoms with E-state index in [1.54, 1.807) is 11.3 Å². The highest BCUT2D eigenvalue weighted by Gasteiger charge is 2.35. The standard InChI is InChI=1S/C30H34ClN5S/c31-30-32-16-26-27(29-33-24(19-37-29)14-20-4-2-1-3-5-20)18-36(28(26)34-30)25-9-8-23(15-25)22-10-12-35(13-11-22)17-21-6-7-21/h1-5,16,18-19,21-23,25H,6-15,17H2. The van der Waals surface area contributed by atoms with Gasteiger partial charge in [-0.15, -0.1) is 11.3 Å². The third-order valence-corrected chi connectivity index (χ3v) is 10.0. The molecule has 1 aliphatic heterocycles. The fraction of sp³-hybridized carbons (Fsp3) is 0.500. The molecule has 2 unspecified atom stereocenters. The Morgan fingerprint density at radius 1 is 0.946 bits per heavy atom. The van der Waals surface area contributed by atoms with Crippen molar-refractivity contribution in [3.8, 4) is 10.6 Å². The van der Waals surface area contributed by atoms with E-state index in [0.29, 0.717) is 11.3 Å². The van der Waals surface area contributed by atoms with E-state index in [4.69, 9.17) is 21.6 Å². The van der Waals surface area contributed by atoms with Gasteiger partial charge in [0.25, 0.3) is 0 Å². The zero-order valence-electron chi connectivity index (χ0n) is 21.2. The summed E-state index contributed by atoms with van der Waals surface area (Å²) in [5.41, 5.74) is 4.48. The minimum Gasteiger partial charge on any atom is -0.329 e. The smallest absolute Gasteiger partial charge is 0.224 e. The molecule has 0 bridgehead atoms. The Morgan fingerprint density at radius 2 is 1.78 bits per heavy atom. The predicted molar refractivity (Wildman–Crippen MR) is 151 cm³/mol. The Kier molecular flexibility index (Phi) is 6.51. The number of likely N-dealkylation sites (tertiary alicyclic amines) is 1. The van der Waals surface area contributed by atoms with E-state index in [2.05, 4.69) is 56.4 Å². The molecule has 7 rings (SSSR count). The van der Waals surface area contributed by atoms with Crippen molar-refractivity contribution in [2.45, 2.75) is 57.4 Å². The Labute approximate surface area is 227 Å². The molecule has 2 aliphatic carbocycles. The second kappa shape index (κ2) is 10.1. The first-order valence-corrected chi connectivity index (χ1v) is 15.2. The maximum Gasteiger partial charge on any atom is 0.224 e. The quantitative estimate of drug-likeness (QED) is 0.235. The summed E-state index contributed by atoms with van der Waals surface area (Å²) in [7, 11) is 0. The molecule has 7 heteroatoms. The molecule has 37 heavy (non-hydrogen) atoms. The number of aromatic nitrogens is 4. The van der Waals surface area contributed by atoms with Crippen LogP contribution in [0.5, 0.6) is 0 Å². The highest BCUT2D eigenvalue weighted by atomic mass is 35.5. The van der Waals surface area contributed by atoms with Crippen molar-refractivity contribution < 1.29 is 0 Å². The summed E-state index contributed by atoms with van der Waals surface area (Å²) in [6.07, 6.45) is 14.5. The largest absolute Gasteiger partial charge is 0.329 e. The van der Waals surface area contributed by atoms with Crippen molar-refractivity contribution in [2.75, 3.05) is 19.6 Å². The van der Waals surface area contributed by atoms with Crippen molar-refractivity contribution in [3.63, 3.8) is 0 Å². The van der Waals surface area contributed by atoms with Crippen LogP contribution >= 0.6 is 22.9 Å². The molecule has 3 fully saturated rings. The molecule has 0 spiro atoms. The van der Waals surface area contributed by atoms with Crippen molar-refractivity contribution in [3.05, 3.63) is 64.6 Å². The van der Waals surface area contributed by atoms with Crippen LogP contribution in [0.1, 0.15) is 62.2 Å². The number of fused-ring (bicyclic) bond motifs is 1. The molecule has 2 saturated carbocycles. The van der Waals surface area contributed by atoms with Crippen molar-refractivity contribution in [1.82, 2.24) is 24.4 Å². The summed E-state index contributed by atoms with van der Waals surface area (Å²) in [5, 5.41) is 4.60. The summed E-state index contributed by atoms with van der Waals surface area (Å²) in [5.74, 6) is 2.70. The van der Waals surface area contributed by atoms with E-state index in [1.165, 1.54) is 70.1 Å². The lowest BCUT2D eigenvalue weighted by molar-refractivity contribution is 0.142. The number of thiazole rings is 1. The minimum atomic E-state index is 0.319. The average molecular weight is 532 g/mol. The van der Waals surface area contributed by atoms with Gasteiger partial charge in [0.1, 0.15) is 10.7 Å². The molecule has 4 heterocycles. The number of piperidine rings is 1. The molecule has 1 aromatic carbocycles. The maximum absolute atomic E-state index is 6.30. The number of benzene rings is 1. The first-order valence-electron chi connectivity index (χ1n) is 13.9. The van der Waals surface area contributed by atoms with Crippen LogP contribution in [0.2, 0.25) is 5.28 Å².